The van der Waals surface area contributed by atoms with Crippen LogP contribution >= 0.6 is 11.3 Å². The number of likely N-dealkylation sites (tertiary alicyclic amines) is 1. The van der Waals surface area contributed by atoms with Crippen molar-refractivity contribution in [2.24, 2.45) is 0 Å². The number of thiazole rings is 1. The Morgan fingerprint density at radius 2 is 2.11 bits per heavy atom. The Morgan fingerprint density at radius 3 is 2.81 bits per heavy atom. The fourth-order valence-corrected chi connectivity index (χ4v) is 4.37. The zero-order chi connectivity index (χ0) is 18.8. The minimum Gasteiger partial charge on any atom is -0.441 e. The fraction of sp³-hybridized carbons (Fsp3) is 0.381. The Balaban J connectivity index is 1.40. The van der Waals surface area contributed by atoms with Gasteiger partial charge in [-0.3, -0.25) is 4.79 Å². The predicted molar refractivity (Wildman–Crippen MR) is 106 cm³/mol. The molecular weight excluding hydrogens is 358 g/mol. The molecule has 0 bridgehead atoms. The van der Waals surface area contributed by atoms with Gasteiger partial charge in [-0.2, -0.15) is 0 Å². The highest BCUT2D eigenvalue weighted by molar-refractivity contribution is 7.09. The molecule has 0 N–H and O–H groups in total. The van der Waals surface area contributed by atoms with E-state index in [1.807, 2.05) is 54.6 Å². The molecule has 0 saturated carbocycles. The van der Waals surface area contributed by atoms with E-state index in [1.165, 1.54) is 5.01 Å². The van der Waals surface area contributed by atoms with E-state index < -0.39 is 0 Å². The molecule has 2 aromatic heterocycles. The van der Waals surface area contributed by atoms with E-state index >= 15 is 0 Å². The molecule has 1 aliphatic rings. The summed E-state index contributed by atoms with van der Waals surface area (Å²) in [4.78, 5) is 23.7. The van der Waals surface area contributed by atoms with Crippen LogP contribution in [0, 0.1) is 13.8 Å². The van der Waals surface area contributed by atoms with Gasteiger partial charge in [0, 0.05) is 36.1 Å². The molecule has 3 heterocycles. The van der Waals surface area contributed by atoms with E-state index in [0.29, 0.717) is 18.2 Å². The lowest BCUT2D eigenvalue weighted by Gasteiger charge is -2.31. The van der Waals surface area contributed by atoms with Crippen molar-refractivity contribution in [2.45, 2.75) is 39.0 Å². The molecule has 3 aromatic rings. The van der Waals surface area contributed by atoms with Crippen molar-refractivity contribution < 1.29 is 9.21 Å². The maximum atomic E-state index is 12.7. The minimum atomic E-state index is 0.125. The van der Waals surface area contributed by atoms with E-state index in [2.05, 4.69) is 9.97 Å². The van der Waals surface area contributed by atoms with Gasteiger partial charge in [0.05, 0.1) is 17.1 Å². The van der Waals surface area contributed by atoms with Gasteiger partial charge >= 0.3 is 0 Å². The first-order valence-electron chi connectivity index (χ1n) is 9.30. The Kier molecular flexibility index (Phi) is 5.07. The maximum absolute atomic E-state index is 12.7. The quantitative estimate of drug-likeness (QED) is 0.674. The highest BCUT2D eigenvalue weighted by Crippen LogP contribution is 2.30. The summed E-state index contributed by atoms with van der Waals surface area (Å²) < 4.78 is 5.82. The van der Waals surface area contributed by atoms with Crippen molar-refractivity contribution >= 4 is 17.2 Å². The lowest BCUT2D eigenvalue weighted by atomic mass is 9.97. The first kappa shape index (κ1) is 17.9. The topological polar surface area (TPSA) is 59.2 Å². The smallest absolute Gasteiger partial charge is 0.228 e. The second kappa shape index (κ2) is 7.64. The summed E-state index contributed by atoms with van der Waals surface area (Å²) in [5.41, 5.74) is 2.84. The number of aromatic nitrogens is 2. The monoisotopic (exact) mass is 381 g/mol. The van der Waals surface area contributed by atoms with E-state index in [-0.39, 0.29) is 5.91 Å². The summed E-state index contributed by atoms with van der Waals surface area (Å²) in [7, 11) is 0. The molecule has 140 valence electrons. The van der Waals surface area contributed by atoms with Crippen molar-refractivity contribution in [1.29, 1.82) is 0 Å². The van der Waals surface area contributed by atoms with Crippen molar-refractivity contribution in [3.63, 3.8) is 0 Å². The van der Waals surface area contributed by atoms with Gasteiger partial charge in [0.25, 0.3) is 0 Å². The average molecular weight is 382 g/mol. The van der Waals surface area contributed by atoms with E-state index in [4.69, 9.17) is 4.42 Å². The van der Waals surface area contributed by atoms with E-state index in [0.717, 1.165) is 48.5 Å². The first-order valence-corrected chi connectivity index (χ1v) is 10.2. The summed E-state index contributed by atoms with van der Waals surface area (Å²) in [5, 5.41) is 3.21. The average Bonchev–Trinajstić information content (AvgIpc) is 3.32. The standard InChI is InChI=1S/C21H23N3O2S/c1-14-4-3-5-17(12-14)20-23-18(15(2)26-20)13-19(25)24-9-6-16(7-10-24)21-22-8-11-27-21/h3-5,8,11-12,16H,6-7,9-10,13H2,1-2H3. The fourth-order valence-electron chi connectivity index (χ4n) is 3.56. The number of carbonyl (C=O) groups excluding carboxylic acids is 1. The number of hydrogen-bond donors (Lipinski definition) is 0. The van der Waals surface area contributed by atoms with Gasteiger partial charge in [0.1, 0.15) is 5.76 Å². The van der Waals surface area contributed by atoms with Gasteiger partial charge in [-0.15, -0.1) is 11.3 Å². The molecular formula is C21H23N3O2S. The largest absolute Gasteiger partial charge is 0.441 e. The Labute approximate surface area is 163 Å². The van der Waals surface area contributed by atoms with Crippen LogP contribution in [0.25, 0.3) is 11.5 Å². The highest BCUT2D eigenvalue weighted by atomic mass is 32.1. The summed E-state index contributed by atoms with van der Waals surface area (Å²) in [6.07, 6.45) is 4.11. The molecule has 1 aromatic carbocycles. The van der Waals surface area contributed by atoms with Crippen molar-refractivity contribution in [1.82, 2.24) is 14.9 Å². The zero-order valence-electron chi connectivity index (χ0n) is 15.6. The number of hydrogen-bond acceptors (Lipinski definition) is 5. The lowest BCUT2D eigenvalue weighted by molar-refractivity contribution is -0.131. The van der Waals surface area contributed by atoms with Crippen LogP contribution in [0.3, 0.4) is 0 Å². The van der Waals surface area contributed by atoms with Crippen LogP contribution in [0.1, 0.15) is 40.8 Å². The second-order valence-electron chi connectivity index (χ2n) is 7.09. The number of amides is 1. The van der Waals surface area contributed by atoms with Gasteiger partial charge in [0.15, 0.2) is 0 Å². The summed E-state index contributed by atoms with van der Waals surface area (Å²) in [6, 6.07) is 8.05. The zero-order valence-corrected chi connectivity index (χ0v) is 16.5. The molecule has 5 nitrogen and oxygen atoms in total. The van der Waals surface area contributed by atoms with Gasteiger partial charge in [-0.05, 0) is 38.8 Å². The molecule has 0 unspecified atom stereocenters. The summed E-state index contributed by atoms with van der Waals surface area (Å²) in [6.45, 7) is 5.48. The molecule has 4 rings (SSSR count). The third-order valence-corrected chi connectivity index (χ3v) is 6.06. The van der Waals surface area contributed by atoms with Crippen LogP contribution < -0.4 is 0 Å². The second-order valence-corrected chi connectivity index (χ2v) is 8.02. The molecule has 0 atom stereocenters. The molecule has 1 amide bonds. The van der Waals surface area contributed by atoms with Gasteiger partial charge in [-0.25, -0.2) is 9.97 Å². The summed E-state index contributed by atoms with van der Waals surface area (Å²) >= 11 is 1.71. The van der Waals surface area contributed by atoms with E-state index in [1.54, 1.807) is 11.3 Å². The molecule has 0 radical (unpaired) electrons. The Hall–Kier alpha value is -2.47. The molecule has 1 saturated heterocycles. The number of carbonyl (C=O) groups is 1. The van der Waals surface area contributed by atoms with Crippen LogP contribution in [0.5, 0.6) is 0 Å². The molecule has 1 fully saturated rings. The highest BCUT2D eigenvalue weighted by Gasteiger charge is 2.26. The Bertz CT molecular complexity index is 925. The van der Waals surface area contributed by atoms with Crippen LogP contribution in [-0.4, -0.2) is 33.9 Å². The van der Waals surface area contributed by atoms with E-state index in [9.17, 15) is 4.79 Å². The molecule has 6 heteroatoms. The van der Waals surface area contributed by atoms with Crippen LogP contribution in [0.2, 0.25) is 0 Å². The maximum Gasteiger partial charge on any atom is 0.228 e. The molecule has 0 spiro atoms. The Morgan fingerprint density at radius 1 is 1.30 bits per heavy atom. The van der Waals surface area contributed by atoms with Gasteiger partial charge in [0.2, 0.25) is 11.8 Å². The first-order chi connectivity index (χ1) is 13.1. The van der Waals surface area contributed by atoms with Crippen molar-refractivity contribution in [3.8, 4) is 11.5 Å². The SMILES string of the molecule is Cc1cccc(-c2nc(CC(=O)N3CCC(c4nccs4)CC3)c(C)o2)c1. The van der Waals surface area contributed by atoms with Crippen molar-refractivity contribution in [3.05, 3.63) is 57.9 Å². The van der Waals surface area contributed by atoms with Crippen LogP contribution in [-0.2, 0) is 11.2 Å². The molecule has 27 heavy (non-hydrogen) atoms. The van der Waals surface area contributed by atoms with Crippen LogP contribution in [0.4, 0.5) is 0 Å². The molecule has 1 aliphatic heterocycles. The number of rotatable bonds is 4. The summed E-state index contributed by atoms with van der Waals surface area (Å²) in [5.74, 6) is 1.91. The lowest BCUT2D eigenvalue weighted by Crippen LogP contribution is -2.38. The number of benzene rings is 1. The normalized spacial score (nSPS) is 15.3. The minimum absolute atomic E-state index is 0.125. The number of nitrogens with zero attached hydrogens (tertiary/aromatic N) is 3. The molecule has 0 aliphatic carbocycles. The predicted octanol–water partition coefficient (Wildman–Crippen LogP) is 4.36. The van der Waals surface area contributed by atoms with Gasteiger partial charge in [-0.1, -0.05) is 17.7 Å². The number of oxazole rings is 1. The van der Waals surface area contributed by atoms with Crippen molar-refractivity contribution in [2.75, 3.05) is 13.1 Å². The third kappa shape index (κ3) is 3.95. The number of aryl methyl sites for hydroxylation is 2. The van der Waals surface area contributed by atoms with Crippen LogP contribution in [0.15, 0.2) is 40.3 Å². The third-order valence-electron chi connectivity index (χ3n) is 5.12. The van der Waals surface area contributed by atoms with Gasteiger partial charge < -0.3 is 9.32 Å². The number of piperidine rings is 1.